The van der Waals surface area contributed by atoms with Crippen LogP contribution >= 0.6 is 0 Å². The summed E-state index contributed by atoms with van der Waals surface area (Å²) in [6.07, 6.45) is -1.08. The molecule has 0 aromatic heterocycles. The number of nitrogens with zero attached hydrogens (tertiary/aromatic N) is 1. The van der Waals surface area contributed by atoms with Gasteiger partial charge in [-0.1, -0.05) is 12.1 Å². The number of hydrogen-bond donors (Lipinski definition) is 1. The predicted octanol–water partition coefficient (Wildman–Crippen LogP) is 3.19. The van der Waals surface area contributed by atoms with E-state index in [-0.39, 0.29) is 5.56 Å². The minimum Gasteiger partial charge on any atom is -0.449 e. The minimum atomic E-state index is -1.08. The van der Waals surface area contributed by atoms with Crippen LogP contribution in [-0.2, 0) is 9.53 Å². The third-order valence-electron chi connectivity index (χ3n) is 3.32. The molecule has 0 aliphatic carbocycles. The van der Waals surface area contributed by atoms with Gasteiger partial charge in [-0.25, -0.2) is 9.18 Å². The van der Waals surface area contributed by atoms with Crippen molar-refractivity contribution >= 4 is 17.6 Å². The molecule has 0 aliphatic heterocycles. The third-order valence-corrected chi connectivity index (χ3v) is 3.32. The maximum atomic E-state index is 13.5. The van der Waals surface area contributed by atoms with Crippen molar-refractivity contribution in [3.63, 3.8) is 0 Å². The molecule has 2 aromatic rings. The molecule has 1 atom stereocenters. The Balaban J connectivity index is 2.01. The van der Waals surface area contributed by atoms with Gasteiger partial charge in [0.25, 0.3) is 5.91 Å². The number of rotatable bonds is 4. The standard InChI is InChI=1S/C18H15FN2O3/c1-11-6-7-14(9-16(11)19)18(23)24-12(2)17(22)21-15-5-3-4-13(8-15)10-20/h3-9,12H,1-2H3,(H,21,22)/t12-/m0/s1. The minimum absolute atomic E-state index is 0.0317. The maximum absolute atomic E-state index is 13.5. The van der Waals surface area contributed by atoms with E-state index in [1.807, 2.05) is 6.07 Å². The molecule has 24 heavy (non-hydrogen) atoms. The van der Waals surface area contributed by atoms with Crippen molar-refractivity contribution in [1.82, 2.24) is 0 Å². The Morgan fingerprint density at radius 3 is 2.67 bits per heavy atom. The summed E-state index contributed by atoms with van der Waals surface area (Å²) in [4.78, 5) is 24.0. The summed E-state index contributed by atoms with van der Waals surface area (Å²) in [6.45, 7) is 2.99. The summed E-state index contributed by atoms with van der Waals surface area (Å²) < 4.78 is 18.5. The molecule has 0 bridgehead atoms. The van der Waals surface area contributed by atoms with Crippen molar-refractivity contribution in [2.45, 2.75) is 20.0 Å². The van der Waals surface area contributed by atoms with Crippen LogP contribution in [0.25, 0.3) is 0 Å². The molecule has 0 saturated carbocycles. The molecule has 1 amide bonds. The monoisotopic (exact) mass is 326 g/mol. The van der Waals surface area contributed by atoms with Crippen molar-refractivity contribution < 1.29 is 18.7 Å². The Morgan fingerprint density at radius 2 is 2.00 bits per heavy atom. The maximum Gasteiger partial charge on any atom is 0.339 e. The number of benzene rings is 2. The average molecular weight is 326 g/mol. The van der Waals surface area contributed by atoms with Crippen LogP contribution in [0.1, 0.15) is 28.4 Å². The summed E-state index contributed by atoms with van der Waals surface area (Å²) in [5.74, 6) is -1.86. The Morgan fingerprint density at radius 1 is 1.25 bits per heavy atom. The molecule has 2 rings (SSSR count). The number of halogens is 1. The third kappa shape index (κ3) is 4.17. The number of hydrogen-bond acceptors (Lipinski definition) is 4. The lowest BCUT2D eigenvalue weighted by molar-refractivity contribution is -0.123. The largest absolute Gasteiger partial charge is 0.449 e. The van der Waals surface area contributed by atoms with Gasteiger partial charge in [0.1, 0.15) is 5.82 Å². The van der Waals surface area contributed by atoms with Gasteiger partial charge >= 0.3 is 5.97 Å². The van der Waals surface area contributed by atoms with Gasteiger partial charge in [-0.15, -0.1) is 0 Å². The zero-order valence-electron chi connectivity index (χ0n) is 13.2. The number of nitriles is 1. The van der Waals surface area contributed by atoms with Crippen molar-refractivity contribution in [3.8, 4) is 6.07 Å². The topological polar surface area (TPSA) is 79.2 Å². The lowest BCUT2D eigenvalue weighted by atomic mass is 10.1. The zero-order valence-corrected chi connectivity index (χ0v) is 13.2. The Labute approximate surface area is 138 Å². The first-order valence-electron chi connectivity index (χ1n) is 7.19. The van der Waals surface area contributed by atoms with Crippen molar-refractivity contribution in [2.24, 2.45) is 0 Å². The fraction of sp³-hybridized carbons (Fsp3) is 0.167. The van der Waals surface area contributed by atoms with Gasteiger partial charge in [0.15, 0.2) is 6.10 Å². The van der Waals surface area contributed by atoms with Crippen LogP contribution in [-0.4, -0.2) is 18.0 Å². The van der Waals surface area contributed by atoms with Crippen molar-refractivity contribution in [2.75, 3.05) is 5.32 Å². The van der Waals surface area contributed by atoms with Crippen molar-refractivity contribution in [3.05, 3.63) is 65.0 Å². The van der Waals surface area contributed by atoms with E-state index in [0.717, 1.165) is 6.07 Å². The molecule has 5 nitrogen and oxygen atoms in total. The highest BCUT2D eigenvalue weighted by Crippen LogP contribution is 2.13. The molecule has 1 N–H and O–H groups in total. The molecule has 2 aromatic carbocycles. The summed E-state index contributed by atoms with van der Waals surface area (Å²) in [5.41, 5.74) is 1.26. The lowest BCUT2D eigenvalue weighted by Gasteiger charge is -2.14. The normalized spacial score (nSPS) is 11.2. The van der Waals surface area contributed by atoms with Crippen LogP contribution in [0.15, 0.2) is 42.5 Å². The summed E-state index contributed by atoms with van der Waals surface area (Å²) >= 11 is 0. The first-order chi connectivity index (χ1) is 11.4. The number of nitrogens with one attached hydrogen (secondary N) is 1. The average Bonchev–Trinajstić information content (AvgIpc) is 2.57. The van der Waals surface area contributed by atoms with E-state index in [2.05, 4.69) is 5.32 Å². The molecule has 0 spiro atoms. The number of amides is 1. The van der Waals surface area contributed by atoms with Gasteiger partial charge in [-0.05, 0) is 49.7 Å². The quantitative estimate of drug-likeness (QED) is 0.875. The Bertz CT molecular complexity index is 827. The number of carbonyl (C=O) groups is 2. The number of anilines is 1. The van der Waals surface area contributed by atoms with Crippen LogP contribution in [0.3, 0.4) is 0 Å². The molecule has 0 aliphatic rings. The molecule has 0 fully saturated rings. The van der Waals surface area contributed by atoms with E-state index in [9.17, 15) is 14.0 Å². The number of carbonyl (C=O) groups excluding carboxylic acids is 2. The number of esters is 1. The summed E-state index contributed by atoms with van der Waals surface area (Å²) in [7, 11) is 0. The van der Waals surface area contributed by atoms with Crippen LogP contribution < -0.4 is 5.32 Å². The highest BCUT2D eigenvalue weighted by Gasteiger charge is 2.19. The van der Waals surface area contributed by atoms with Crippen molar-refractivity contribution in [1.29, 1.82) is 5.26 Å². The van der Waals surface area contributed by atoms with Gasteiger partial charge in [0.2, 0.25) is 0 Å². The van der Waals surface area contributed by atoms with Gasteiger partial charge in [-0.2, -0.15) is 5.26 Å². The number of ether oxygens (including phenoxy) is 1. The van der Waals surface area contributed by atoms with E-state index in [4.69, 9.17) is 10.00 Å². The first-order valence-corrected chi connectivity index (χ1v) is 7.19. The molecule has 6 heteroatoms. The smallest absolute Gasteiger partial charge is 0.339 e. The first kappa shape index (κ1) is 17.2. The molecule has 0 radical (unpaired) electrons. The Hall–Kier alpha value is -3.20. The predicted molar refractivity (Wildman–Crippen MR) is 85.8 cm³/mol. The lowest BCUT2D eigenvalue weighted by Crippen LogP contribution is -2.30. The molecule has 0 heterocycles. The van der Waals surface area contributed by atoms with E-state index < -0.39 is 23.8 Å². The second-order valence-electron chi connectivity index (χ2n) is 5.19. The fourth-order valence-electron chi connectivity index (χ4n) is 1.91. The van der Waals surface area contributed by atoms with Gasteiger partial charge < -0.3 is 10.1 Å². The van der Waals surface area contributed by atoms with Crippen LogP contribution in [0.5, 0.6) is 0 Å². The molecule has 0 saturated heterocycles. The second-order valence-corrected chi connectivity index (χ2v) is 5.19. The molecular weight excluding hydrogens is 311 g/mol. The molecule has 122 valence electrons. The number of aryl methyl sites for hydroxylation is 1. The van der Waals surface area contributed by atoms with Crippen LogP contribution in [0, 0.1) is 24.1 Å². The van der Waals surface area contributed by atoms with Crippen LogP contribution in [0.4, 0.5) is 10.1 Å². The highest BCUT2D eigenvalue weighted by molar-refractivity contribution is 5.97. The van der Waals surface area contributed by atoms with E-state index in [0.29, 0.717) is 16.8 Å². The van der Waals surface area contributed by atoms with Crippen LogP contribution in [0.2, 0.25) is 0 Å². The van der Waals surface area contributed by atoms with Gasteiger partial charge in [0.05, 0.1) is 17.2 Å². The van der Waals surface area contributed by atoms with E-state index in [1.165, 1.54) is 25.1 Å². The fourth-order valence-corrected chi connectivity index (χ4v) is 1.91. The molecular formula is C18H15FN2O3. The molecule has 0 unspecified atom stereocenters. The Kier molecular flexibility index (Phi) is 5.27. The second kappa shape index (κ2) is 7.38. The van der Waals surface area contributed by atoms with Gasteiger partial charge in [0, 0.05) is 5.69 Å². The van der Waals surface area contributed by atoms with E-state index in [1.54, 1.807) is 25.1 Å². The summed E-state index contributed by atoms with van der Waals surface area (Å²) in [6, 6.07) is 12.3. The zero-order chi connectivity index (χ0) is 17.7. The highest BCUT2D eigenvalue weighted by atomic mass is 19.1. The SMILES string of the molecule is Cc1ccc(C(=O)O[C@@H](C)C(=O)Nc2cccc(C#N)c2)cc1F. The van der Waals surface area contributed by atoms with Gasteiger partial charge in [-0.3, -0.25) is 4.79 Å². The summed E-state index contributed by atoms with van der Waals surface area (Å²) in [5, 5.41) is 11.4. The van der Waals surface area contributed by atoms with E-state index >= 15 is 0 Å².